The van der Waals surface area contributed by atoms with Crippen LogP contribution >= 0.6 is 0 Å². The van der Waals surface area contributed by atoms with Crippen LogP contribution in [0.2, 0.25) is 0 Å². The van der Waals surface area contributed by atoms with E-state index in [9.17, 15) is 32.2 Å². The summed E-state index contributed by atoms with van der Waals surface area (Å²) in [6, 6.07) is 2.53. The van der Waals surface area contributed by atoms with Crippen LogP contribution in [0.3, 0.4) is 0 Å². The van der Waals surface area contributed by atoms with Crippen LogP contribution in [-0.2, 0) is 19.0 Å². The van der Waals surface area contributed by atoms with E-state index in [1.165, 1.54) is 0 Å². The number of aliphatic hydroxyl groups is 2. The van der Waals surface area contributed by atoms with Crippen LogP contribution in [0.1, 0.15) is 116 Å². The van der Waals surface area contributed by atoms with Crippen molar-refractivity contribution in [2.24, 2.45) is 5.41 Å². The Kier molecular flexibility index (Phi) is 10.1. The zero-order chi connectivity index (χ0) is 36.0. The number of rotatable bonds is 8. The molecule has 13 heteroatoms. The number of likely N-dealkylation sites (N-methyl/N-ethyl adjacent to an activating group) is 1. The quantitative estimate of drug-likeness (QED) is 0.232. The van der Waals surface area contributed by atoms with E-state index in [0.717, 1.165) is 29.1 Å². The SMILES string of the molecule is CN(CCO)c1cnc(N2CCC(c3nc4c(c(C5CCC(F)(F)CC5)c3Cc3ccc(C(F)(F)F)cc3F)[C@@H](O)CC(C)(C)C4)CC2)nc1. The number of hydrogen-bond donors (Lipinski definition) is 2. The first kappa shape index (κ1) is 36.3. The number of fused-ring (bicyclic) bond motifs is 1. The van der Waals surface area contributed by atoms with Crippen molar-refractivity contribution in [3.8, 4) is 0 Å². The second kappa shape index (κ2) is 13.9. The fourth-order valence-corrected chi connectivity index (χ4v) is 8.07. The van der Waals surface area contributed by atoms with Gasteiger partial charge in [0.2, 0.25) is 11.9 Å². The minimum atomic E-state index is -4.71. The van der Waals surface area contributed by atoms with Gasteiger partial charge in [0, 0.05) is 68.8 Å². The van der Waals surface area contributed by atoms with Gasteiger partial charge in [-0.05, 0) is 78.7 Å². The van der Waals surface area contributed by atoms with E-state index in [2.05, 4.69) is 28.7 Å². The molecular formula is C37H45F6N5O2. The maximum Gasteiger partial charge on any atom is 0.416 e. The summed E-state index contributed by atoms with van der Waals surface area (Å²) in [7, 11) is 1.84. The van der Waals surface area contributed by atoms with E-state index < -0.39 is 29.6 Å². The van der Waals surface area contributed by atoms with Gasteiger partial charge in [0.05, 0.1) is 36.4 Å². The molecule has 2 N–H and O–H groups in total. The number of aromatic nitrogens is 3. The molecule has 272 valence electrons. The Hall–Kier alpha value is -3.45. The van der Waals surface area contributed by atoms with Crippen LogP contribution in [0.25, 0.3) is 0 Å². The lowest BCUT2D eigenvalue weighted by Gasteiger charge is -2.40. The van der Waals surface area contributed by atoms with E-state index in [1.807, 2.05) is 11.9 Å². The van der Waals surface area contributed by atoms with Gasteiger partial charge in [0.1, 0.15) is 5.82 Å². The van der Waals surface area contributed by atoms with E-state index in [0.29, 0.717) is 74.2 Å². The maximum atomic E-state index is 15.5. The molecule has 0 unspecified atom stereocenters. The predicted octanol–water partition coefficient (Wildman–Crippen LogP) is 7.73. The van der Waals surface area contributed by atoms with Crippen molar-refractivity contribution in [2.75, 3.05) is 43.1 Å². The zero-order valence-electron chi connectivity index (χ0n) is 28.7. The molecular weight excluding hydrogens is 660 g/mol. The topological polar surface area (TPSA) is 85.6 Å². The molecule has 1 atom stereocenters. The number of halogens is 6. The van der Waals surface area contributed by atoms with Gasteiger partial charge in [-0.1, -0.05) is 19.9 Å². The molecule has 2 aliphatic carbocycles. The third-order valence-corrected chi connectivity index (χ3v) is 10.8. The van der Waals surface area contributed by atoms with E-state index in [4.69, 9.17) is 4.98 Å². The monoisotopic (exact) mass is 705 g/mol. The lowest BCUT2D eigenvalue weighted by atomic mass is 9.68. The van der Waals surface area contributed by atoms with Gasteiger partial charge in [0.15, 0.2) is 0 Å². The fourth-order valence-electron chi connectivity index (χ4n) is 8.07. The second-order valence-electron chi connectivity index (χ2n) is 15.1. The third-order valence-electron chi connectivity index (χ3n) is 10.8. The molecule has 3 heterocycles. The number of nitrogens with zero attached hydrogens (tertiary/aromatic N) is 5. The van der Waals surface area contributed by atoms with Gasteiger partial charge in [-0.3, -0.25) is 4.98 Å². The summed E-state index contributed by atoms with van der Waals surface area (Å²) >= 11 is 0. The van der Waals surface area contributed by atoms with Crippen LogP contribution < -0.4 is 9.80 Å². The summed E-state index contributed by atoms with van der Waals surface area (Å²) in [4.78, 5) is 18.2. The Bertz CT molecular complexity index is 1660. The molecule has 3 aliphatic rings. The van der Waals surface area contributed by atoms with Crippen LogP contribution in [0, 0.1) is 11.2 Å². The van der Waals surface area contributed by atoms with Crippen LogP contribution in [0.15, 0.2) is 30.6 Å². The predicted molar refractivity (Wildman–Crippen MR) is 178 cm³/mol. The molecule has 2 fully saturated rings. The summed E-state index contributed by atoms with van der Waals surface area (Å²) in [6.07, 6.45) is -0.236. The number of alkyl halides is 5. The van der Waals surface area contributed by atoms with Crippen molar-refractivity contribution in [1.29, 1.82) is 0 Å². The van der Waals surface area contributed by atoms with E-state index in [1.54, 1.807) is 12.4 Å². The van der Waals surface area contributed by atoms with Crippen LogP contribution in [0.5, 0.6) is 0 Å². The minimum absolute atomic E-state index is 0.00138. The highest BCUT2D eigenvalue weighted by Gasteiger charge is 2.42. The molecule has 50 heavy (non-hydrogen) atoms. The number of anilines is 2. The standard InChI is InChI=1S/C37H45F6N5O2/c1-35(2)18-29-32(30(50)19-35)31(22-6-10-36(39,40)11-7-22)27(16-24-4-5-25(17-28(24)38)37(41,42)43)33(46-29)23-8-12-48(13-9-23)34-44-20-26(21-45-34)47(3)14-15-49/h4-5,17,20-23,30,49-50H,6-16,18-19H2,1-3H3/t30-/m0/s1. The van der Waals surface area contributed by atoms with Gasteiger partial charge in [-0.2, -0.15) is 13.2 Å². The highest BCUT2D eigenvalue weighted by Crippen LogP contribution is 2.50. The summed E-state index contributed by atoms with van der Waals surface area (Å²) in [5.41, 5.74) is 2.91. The van der Waals surface area contributed by atoms with Gasteiger partial charge < -0.3 is 20.0 Å². The molecule has 1 aromatic carbocycles. The third kappa shape index (κ3) is 7.73. The average molecular weight is 706 g/mol. The Morgan fingerprint density at radius 2 is 1.64 bits per heavy atom. The molecule has 0 bridgehead atoms. The van der Waals surface area contributed by atoms with Gasteiger partial charge in [-0.25, -0.2) is 23.1 Å². The first-order valence-corrected chi connectivity index (χ1v) is 17.4. The summed E-state index contributed by atoms with van der Waals surface area (Å²) in [6.45, 7) is 5.72. The smallest absolute Gasteiger partial charge is 0.395 e. The molecule has 1 saturated carbocycles. The first-order chi connectivity index (χ1) is 23.5. The van der Waals surface area contributed by atoms with Crippen LogP contribution in [-0.4, -0.2) is 64.4 Å². The molecule has 6 rings (SSSR count). The molecule has 2 aromatic heterocycles. The fraction of sp³-hybridized carbons (Fsp3) is 0.595. The number of piperidine rings is 1. The normalized spacial score (nSPS) is 21.3. The molecule has 1 aliphatic heterocycles. The van der Waals surface area contributed by atoms with Gasteiger partial charge >= 0.3 is 6.18 Å². The number of benzene rings is 1. The first-order valence-electron chi connectivity index (χ1n) is 17.4. The van der Waals surface area contributed by atoms with Gasteiger partial charge in [-0.15, -0.1) is 0 Å². The lowest BCUT2D eigenvalue weighted by Crippen LogP contribution is -2.36. The number of hydrogen-bond acceptors (Lipinski definition) is 7. The molecule has 0 radical (unpaired) electrons. The summed E-state index contributed by atoms with van der Waals surface area (Å²) < 4.78 is 84.7. The van der Waals surface area contributed by atoms with Crippen LogP contribution in [0.4, 0.5) is 38.0 Å². The molecule has 0 amide bonds. The van der Waals surface area contributed by atoms with Crippen molar-refractivity contribution in [3.05, 3.63) is 75.6 Å². The maximum absolute atomic E-state index is 15.5. The Morgan fingerprint density at radius 3 is 2.24 bits per heavy atom. The molecule has 1 saturated heterocycles. The van der Waals surface area contributed by atoms with Crippen molar-refractivity contribution >= 4 is 11.6 Å². The Balaban J connectivity index is 1.40. The highest BCUT2D eigenvalue weighted by atomic mass is 19.4. The number of aliphatic hydroxyl groups excluding tert-OH is 2. The lowest BCUT2D eigenvalue weighted by molar-refractivity contribution is -0.137. The van der Waals surface area contributed by atoms with E-state index in [-0.39, 0.29) is 61.5 Å². The molecule has 0 spiro atoms. The largest absolute Gasteiger partial charge is 0.416 e. The van der Waals surface area contributed by atoms with Gasteiger partial charge in [0.25, 0.3) is 0 Å². The van der Waals surface area contributed by atoms with E-state index >= 15 is 4.39 Å². The van der Waals surface area contributed by atoms with Crippen molar-refractivity contribution in [2.45, 2.75) is 102 Å². The van der Waals surface area contributed by atoms with Crippen molar-refractivity contribution < 1.29 is 36.6 Å². The average Bonchev–Trinajstić information content (AvgIpc) is 3.05. The molecule has 3 aromatic rings. The number of pyridine rings is 1. The highest BCUT2D eigenvalue weighted by molar-refractivity contribution is 5.50. The minimum Gasteiger partial charge on any atom is -0.395 e. The van der Waals surface area contributed by atoms with Crippen molar-refractivity contribution in [3.63, 3.8) is 0 Å². The summed E-state index contributed by atoms with van der Waals surface area (Å²) in [5.74, 6) is -3.67. The zero-order valence-corrected chi connectivity index (χ0v) is 28.7. The second-order valence-corrected chi connectivity index (χ2v) is 15.1. The Morgan fingerprint density at radius 1 is 0.980 bits per heavy atom. The summed E-state index contributed by atoms with van der Waals surface area (Å²) in [5, 5.41) is 20.9. The van der Waals surface area contributed by atoms with Crippen molar-refractivity contribution in [1.82, 2.24) is 15.0 Å². The Labute approximate surface area is 288 Å². The molecule has 7 nitrogen and oxygen atoms in total.